The third kappa shape index (κ3) is 5.55. The van der Waals surface area contributed by atoms with Gasteiger partial charge in [0.15, 0.2) is 11.5 Å². The Balaban J connectivity index is 1.48. The summed E-state index contributed by atoms with van der Waals surface area (Å²) in [5.41, 5.74) is 2.34. The Morgan fingerprint density at radius 3 is 2.55 bits per heavy atom. The van der Waals surface area contributed by atoms with Gasteiger partial charge in [0.2, 0.25) is 0 Å². The normalized spacial score (nSPS) is 14.6. The number of fused-ring (bicyclic) bond motifs is 1. The monoisotopic (exact) mass is 666 g/mol. The minimum absolute atomic E-state index is 0.193. The molecule has 0 spiro atoms. The number of amides is 4. The molecular formula is C31H24ClIN2O5. The Bertz CT molecular complexity index is 1700. The molecule has 0 unspecified atom stereocenters. The zero-order valence-electron chi connectivity index (χ0n) is 21.7. The van der Waals surface area contributed by atoms with Crippen molar-refractivity contribution in [2.24, 2.45) is 0 Å². The Kier molecular flexibility index (Phi) is 8.09. The number of anilines is 1. The molecule has 7 nitrogen and oxygen atoms in total. The summed E-state index contributed by atoms with van der Waals surface area (Å²) >= 11 is 8.26. The second-order valence-corrected chi connectivity index (χ2v) is 10.7. The molecule has 1 fully saturated rings. The van der Waals surface area contributed by atoms with Crippen LogP contribution in [-0.2, 0) is 16.2 Å². The summed E-state index contributed by atoms with van der Waals surface area (Å²) in [5.74, 6) is -0.495. The van der Waals surface area contributed by atoms with E-state index in [2.05, 4.69) is 46.1 Å². The van der Waals surface area contributed by atoms with Gasteiger partial charge in [0.25, 0.3) is 11.8 Å². The highest BCUT2D eigenvalue weighted by Crippen LogP contribution is 2.36. The number of ether oxygens (including phenoxy) is 2. The highest BCUT2D eigenvalue weighted by Gasteiger charge is 2.37. The first-order valence-corrected chi connectivity index (χ1v) is 14.0. The average molecular weight is 667 g/mol. The largest absolute Gasteiger partial charge is 0.490 e. The maximum absolute atomic E-state index is 13.4. The molecule has 0 saturated carbocycles. The van der Waals surface area contributed by atoms with Crippen molar-refractivity contribution in [2.75, 3.05) is 11.5 Å². The maximum Gasteiger partial charge on any atom is 0.335 e. The lowest BCUT2D eigenvalue weighted by atomic mass is 10.0. The first-order valence-electron chi connectivity index (χ1n) is 12.5. The molecule has 0 radical (unpaired) electrons. The number of imide groups is 2. The van der Waals surface area contributed by atoms with Crippen LogP contribution in [0.5, 0.6) is 11.5 Å². The Hall–Kier alpha value is -3.89. The lowest BCUT2D eigenvalue weighted by molar-refractivity contribution is -0.122. The van der Waals surface area contributed by atoms with Gasteiger partial charge in [-0.05, 0) is 94.2 Å². The number of rotatable bonds is 7. The van der Waals surface area contributed by atoms with Crippen molar-refractivity contribution >= 4 is 74.6 Å². The molecule has 1 heterocycles. The van der Waals surface area contributed by atoms with E-state index in [0.717, 1.165) is 24.8 Å². The van der Waals surface area contributed by atoms with Crippen LogP contribution in [0, 0.1) is 10.5 Å². The van der Waals surface area contributed by atoms with Gasteiger partial charge in [-0.25, -0.2) is 9.69 Å². The van der Waals surface area contributed by atoms with Crippen molar-refractivity contribution in [2.45, 2.75) is 20.5 Å². The van der Waals surface area contributed by atoms with Crippen molar-refractivity contribution < 1.29 is 23.9 Å². The Morgan fingerprint density at radius 1 is 0.975 bits per heavy atom. The third-order valence-electron chi connectivity index (χ3n) is 6.41. The zero-order chi connectivity index (χ0) is 28.4. The standard InChI is InChI=1S/C31H24ClIN2O5/c1-3-39-27-15-19(14-25(33)28(27)40-17-21-9-6-8-20-7-4-5-10-23(20)21)13-24-29(36)34-31(38)35(30(24)37)26-16-22(32)12-11-18(26)2/h4-16H,3,17H2,1-2H3,(H,34,36,38)/b24-13+. The van der Waals surface area contributed by atoms with E-state index in [-0.39, 0.29) is 5.57 Å². The summed E-state index contributed by atoms with van der Waals surface area (Å²) in [6.07, 6.45) is 1.44. The van der Waals surface area contributed by atoms with Crippen LogP contribution in [0.25, 0.3) is 16.8 Å². The zero-order valence-corrected chi connectivity index (χ0v) is 24.6. The minimum Gasteiger partial charge on any atom is -0.490 e. The number of benzene rings is 4. The van der Waals surface area contributed by atoms with E-state index in [1.807, 2.05) is 31.2 Å². The van der Waals surface area contributed by atoms with Gasteiger partial charge in [-0.2, -0.15) is 0 Å². The predicted octanol–water partition coefficient (Wildman–Crippen LogP) is 7.05. The van der Waals surface area contributed by atoms with Crippen molar-refractivity contribution in [3.05, 3.63) is 104 Å². The lowest BCUT2D eigenvalue weighted by Gasteiger charge is -2.27. The van der Waals surface area contributed by atoms with Gasteiger partial charge < -0.3 is 9.47 Å². The molecule has 1 N–H and O–H groups in total. The van der Waals surface area contributed by atoms with E-state index in [1.54, 1.807) is 31.2 Å². The molecule has 1 aliphatic rings. The van der Waals surface area contributed by atoms with Crippen molar-refractivity contribution in [3.8, 4) is 11.5 Å². The number of halogens is 2. The molecular weight excluding hydrogens is 643 g/mol. The molecule has 0 aromatic heterocycles. The molecule has 9 heteroatoms. The number of nitrogens with zero attached hydrogens (tertiary/aromatic N) is 1. The summed E-state index contributed by atoms with van der Waals surface area (Å²) in [6.45, 7) is 4.33. The van der Waals surface area contributed by atoms with Crippen LogP contribution >= 0.6 is 34.2 Å². The second-order valence-electron chi connectivity index (χ2n) is 9.08. The van der Waals surface area contributed by atoms with E-state index in [1.165, 1.54) is 12.1 Å². The van der Waals surface area contributed by atoms with Crippen LogP contribution in [0.1, 0.15) is 23.6 Å². The molecule has 0 atom stereocenters. The molecule has 0 bridgehead atoms. The number of urea groups is 1. The number of hydrogen-bond acceptors (Lipinski definition) is 5. The van der Waals surface area contributed by atoms with Crippen LogP contribution in [0.2, 0.25) is 5.02 Å². The first-order chi connectivity index (χ1) is 19.3. The van der Waals surface area contributed by atoms with Gasteiger partial charge in [0, 0.05) is 5.02 Å². The molecule has 40 heavy (non-hydrogen) atoms. The molecule has 4 amide bonds. The van der Waals surface area contributed by atoms with E-state index < -0.39 is 17.8 Å². The summed E-state index contributed by atoms with van der Waals surface area (Å²) in [5, 5.41) is 4.84. The lowest BCUT2D eigenvalue weighted by Crippen LogP contribution is -2.54. The molecule has 4 aromatic carbocycles. The van der Waals surface area contributed by atoms with E-state index in [0.29, 0.717) is 46.5 Å². The van der Waals surface area contributed by atoms with E-state index in [4.69, 9.17) is 21.1 Å². The molecule has 202 valence electrons. The number of carbonyl (C=O) groups excluding carboxylic acids is 3. The van der Waals surface area contributed by atoms with Gasteiger partial charge in [0.1, 0.15) is 12.2 Å². The number of hydrogen-bond donors (Lipinski definition) is 1. The number of nitrogens with one attached hydrogen (secondary N) is 1. The van der Waals surface area contributed by atoms with Gasteiger partial charge in [-0.15, -0.1) is 0 Å². The van der Waals surface area contributed by atoms with Crippen LogP contribution in [-0.4, -0.2) is 24.5 Å². The molecule has 5 rings (SSSR count). The third-order valence-corrected chi connectivity index (χ3v) is 7.44. The fourth-order valence-corrected chi connectivity index (χ4v) is 5.46. The van der Waals surface area contributed by atoms with Crippen molar-refractivity contribution in [1.29, 1.82) is 0 Å². The minimum atomic E-state index is -0.834. The SMILES string of the molecule is CCOc1cc(/C=C2\C(=O)NC(=O)N(c3cc(Cl)ccc3C)C2=O)cc(I)c1OCc1cccc2ccccc12. The average Bonchev–Trinajstić information content (AvgIpc) is 2.92. The summed E-state index contributed by atoms with van der Waals surface area (Å²) in [4.78, 5) is 39.7. The van der Waals surface area contributed by atoms with E-state index >= 15 is 0 Å². The molecule has 1 saturated heterocycles. The van der Waals surface area contributed by atoms with Gasteiger partial charge >= 0.3 is 6.03 Å². The van der Waals surface area contributed by atoms with Crippen LogP contribution in [0.4, 0.5) is 10.5 Å². The number of aryl methyl sites for hydroxylation is 1. The summed E-state index contributed by atoms with van der Waals surface area (Å²) < 4.78 is 12.9. The molecule has 4 aromatic rings. The summed E-state index contributed by atoms with van der Waals surface area (Å²) in [6, 6.07) is 21.7. The molecule has 0 aliphatic carbocycles. The highest BCUT2D eigenvalue weighted by molar-refractivity contribution is 14.1. The Labute approximate surface area is 249 Å². The topological polar surface area (TPSA) is 84.9 Å². The van der Waals surface area contributed by atoms with Gasteiger partial charge in [-0.1, -0.05) is 60.1 Å². The first kappa shape index (κ1) is 27.7. The van der Waals surface area contributed by atoms with Gasteiger partial charge in [-0.3, -0.25) is 14.9 Å². The molecule has 1 aliphatic heterocycles. The van der Waals surface area contributed by atoms with E-state index in [9.17, 15) is 14.4 Å². The fraction of sp³-hybridized carbons (Fsp3) is 0.129. The fourth-order valence-electron chi connectivity index (χ4n) is 4.51. The van der Waals surface area contributed by atoms with Crippen LogP contribution in [0.15, 0.2) is 78.4 Å². The smallest absolute Gasteiger partial charge is 0.335 e. The van der Waals surface area contributed by atoms with Crippen molar-refractivity contribution in [1.82, 2.24) is 5.32 Å². The maximum atomic E-state index is 13.4. The Morgan fingerprint density at radius 2 is 1.75 bits per heavy atom. The van der Waals surface area contributed by atoms with Gasteiger partial charge in [0.05, 0.1) is 15.9 Å². The quantitative estimate of drug-likeness (QED) is 0.130. The predicted molar refractivity (Wildman–Crippen MR) is 164 cm³/mol. The second kappa shape index (κ2) is 11.7. The van der Waals surface area contributed by atoms with Crippen LogP contribution in [0.3, 0.4) is 0 Å². The highest BCUT2D eigenvalue weighted by atomic mass is 127. The summed E-state index contributed by atoms with van der Waals surface area (Å²) in [7, 11) is 0. The number of barbiturate groups is 1. The van der Waals surface area contributed by atoms with Crippen molar-refractivity contribution in [3.63, 3.8) is 0 Å². The van der Waals surface area contributed by atoms with Crippen LogP contribution < -0.4 is 19.7 Å². The number of carbonyl (C=O) groups is 3.